The van der Waals surface area contributed by atoms with Gasteiger partial charge in [-0.05, 0) is 50.2 Å². The lowest BCUT2D eigenvalue weighted by atomic mass is 9.99. The number of hydrogen-bond acceptors (Lipinski definition) is 5. The summed E-state index contributed by atoms with van der Waals surface area (Å²) in [5.41, 5.74) is 5.83. The van der Waals surface area contributed by atoms with E-state index in [2.05, 4.69) is 20.6 Å². The predicted molar refractivity (Wildman–Crippen MR) is 134 cm³/mol. The van der Waals surface area contributed by atoms with Crippen LogP contribution in [-0.4, -0.2) is 48.8 Å². The zero-order chi connectivity index (χ0) is 24.7. The molecular formula is C26H32FN5O2. The van der Waals surface area contributed by atoms with E-state index in [-0.39, 0.29) is 18.3 Å². The van der Waals surface area contributed by atoms with Crippen molar-refractivity contribution in [3.8, 4) is 16.9 Å². The molecule has 7 nitrogen and oxygen atoms in total. The first-order chi connectivity index (χ1) is 16.4. The Kier molecular flexibility index (Phi) is 8.54. The first-order valence-electron chi connectivity index (χ1n) is 11.3. The number of pyridine rings is 1. The van der Waals surface area contributed by atoms with Crippen LogP contribution < -0.4 is 15.4 Å². The lowest BCUT2D eigenvalue weighted by Gasteiger charge is -2.16. The molecule has 34 heavy (non-hydrogen) atoms. The van der Waals surface area contributed by atoms with Crippen LogP contribution in [0.5, 0.6) is 5.75 Å². The van der Waals surface area contributed by atoms with Crippen molar-refractivity contribution >= 4 is 17.3 Å². The van der Waals surface area contributed by atoms with Gasteiger partial charge in [0, 0.05) is 50.5 Å². The Bertz CT molecular complexity index is 1230. The Morgan fingerprint density at radius 2 is 2.03 bits per heavy atom. The Morgan fingerprint density at radius 3 is 2.71 bits per heavy atom. The molecule has 0 aliphatic carbocycles. The fraction of sp³-hybridized carbons (Fsp3) is 0.346. The minimum atomic E-state index is -0.375. The molecular weight excluding hydrogens is 433 g/mol. The summed E-state index contributed by atoms with van der Waals surface area (Å²) in [5, 5.41) is 5.78. The number of allylic oxidation sites excluding steroid dienone is 1. The van der Waals surface area contributed by atoms with Gasteiger partial charge in [-0.15, -0.1) is 0 Å². The van der Waals surface area contributed by atoms with Crippen molar-refractivity contribution in [1.82, 2.24) is 20.0 Å². The largest absolute Gasteiger partial charge is 0.492 e. The first-order valence-corrected chi connectivity index (χ1v) is 11.3. The monoisotopic (exact) mass is 465 g/mol. The van der Waals surface area contributed by atoms with E-state index in [4.69, 9.17) is 4.74 Å². The molecule has 2 heterocycles. The SMILES string of the molecule is CC/C(C)=C(CCOc1cc(F)ccc1-c1ccc2ncc(CNC)n2c1)\C(=N/C)C(=O)NC. The summed E-state index contributed by atoms with van der Waals surface area (Å²) in [6.07, 6.45) is 5.08. The van der Waals surface area contributed by atoms with Crippen LogP contribution in [0.2, 0.25) is 0 Å². The van der Waals surface area contributed by atoms with Crippen molar-refractivity contribution in [3.05, 3.63) is 65.4 Å². The molecule has 0 spiro atoms. The van der Waals surface area contributed by atoms with Gasteiger partial charge < -0.3 is 19.8 Å². The van der Waals surface area contributed by atoms with E-state index >= 15 is 0 Å². The van der Waals surface area contributed by atoms with E-state index in [1.165, 1.54) is 12.1 Å². The Labute approximate surface area is 199 Å². The van der Waals surface area contributed by atoms with Crippen molar-refractivity contribution in [3.63, 3.8) is 0 Å². The van der Waals surface area contributed by atoms with Gasteiger partial charge in [0.25, 0.3) is 5.91 Å². The lowest BCUT2D eigenvalue weighted by molar-refractivity contribution is -0.114. The average molecular weight is 466 g/mol. The summed E-state index contributed by atoms with van der Waals surface area (Å²) in [7, 11) is 5.07. The van der Waals surface area contributed by atoms with Gasteiger partial charge in [-0.25, -0.2) is 9.37 Å². The molecule has 0 saturated carbocycles. The molecule has 1 amide bonds. The van der Waals surface area contributed by atoms with Crippen LogP contribution in [0.15, 0.2) is 58.9 Å². The first kappa shape index (κ1) is 25.1. The zero-order valence-electron chi connectivity index (χ0n) is 20.4. The maximum Gasteiger partial charge on any atom is 0.269 e. The second kappa shape index (κ2) is 11.6. The van der Waals surface area contributed by atoms with Gasteiger partial charge in [-0.3, -0.25) is 9.79 Å². The number of carbonyl (C=O) groups excluding carboxylic acids is 1. The number of hydrogen-bond donors (Lipinski definition) is 2. The van der Waals surface area contributed by atoms with Gasteiger partial charge >= 0.3 is 0 Å². The molecule has 0 aliphatic rings. The number of rotatable bonds is 10. The topological polar surface area (TPSA) is 80.0 Å². The molecule has 0 unspecified atom stereocenters. The third-order valence-electron chi connectivity index (χ3n) is 5.80. The summed E-state index contributed by atoms with van der Waals surface area (Å²) >= 11 is 0. The van der Waals surface area contributed by atoms with E-state index in [0.29, 0.717) is 24.4 Å². The van der Waals surface area contributed by atoms with Gasteiger partial charge in [0.05, 0.1) is 18.5 Å². The van der Waals surface area contributed by atoms with E-state index in [1.54, 1.807) is 20.2 Å². The number of benzene rings is 1. The Morgan fingerprint density at radius 1 is 1.24 bits per heavy atom. The number of aliphatic imine (C=N–C) groups is 1. The van der Waals surface area contributed by atoms with Gasteiger partial charge in [0.15, 0.2) is 0 Å². The van der Waals surface area contributed by atoms with Crippen molar-refractivity contribution in [2.45, 2.75) is 33.2 Å². The average Bonchev–Trinajstić information content (AvgIpc) is 3.25. The molecule has 180 valence electrons. The number of nitrogens with one attached hydrogen (secondary N) is 2. The normalized spacial score (nSPS) is 12.6. The zero-order valence-corrected chi connectivity index (χ0v) is 20.4. The standard InChI is InChI=1S/C26H32FN5O2/c1-6-17(2)21(25(29-4)26(33)30-5)11-12-34-23-13-19(27)8-9-22(23)18-7-10-24-31-15-20(14-28-3)32(24)16-18/h7-10,13,15-16,28H,6,11-12,14H2,1-5H3,(H,30,33)/b21-17-,29-25+. The molecule has 0 aliphatic heterocycles. The number of nitrogens with zero attached hydrogens (tertiary/aromatic N) is 3. The Balaban J connectivity index is 1.89. The van der Waals surface area contributed by atoms with Gasteiger partial charge in [-0.2, -0.15) is 0 Å². The van der Waals surface area contributed by atoms with E-state index in [0.717, 1.165) is 40.0 Å². The maximum atomic E-state index is 14.1. The number of fused-ring (bicyclic) bond motifs is 1. The maximum absolute atomic E-state index is 14.1. The fourth-order valence-electron chi connectivity index (χ4n) is 3.86. The van der Waals surface area contributed by atoms with E-state index < -0.39 is 0 Å². The summed E-state index contributed by atoms with van der Waals surface area (Å²) in [6.45, 7) is 4.97. The Hall–Kier alpha value is -3.52. The molecule has 0 fully saturated rings. The number of halogens is 1. The number of ether oxygens (including phenoxy) is 1. The lowest BCUT2D eigenvalue weighted by Crippen LogP contribution is -2.30. The van der Waals surface area contributed by atoms with Crippen molar-refractivity contribution in [2.75, 3.05) is 27.7 Å². The predicted octanol–water partition coefficient (Wildman–Crippen LogP) is 4.17. The van der Waals surface area contributed by atoms with E-state index in [1.807, 2.05) is 49.8 Å². The second-order valence-corrected chi connectivity index (χ2v) is 7.93. The number of carbonyl (C=O) groups is 1. The third kappa shape index (κ3) is 5.51. The quantitative estimate of drug-likeness (QED) is 0.441. The molecule has 8 heteroatoms. The molecule has 2 N–H and O–H groups in total. The molecule has 3 aromatic rings. The minimum Gasteiger partial charge on any atom is -0.492 e. The van der Waals surface area contributed by atoms with Gasteiger partial charge in [0.1, 0.15) is 22.9 Å². The number of imidazole rings is 1. The van der Waals surface area contributed by atoms with Crippen LogP contribution in [0.25, 0.3) is 16.8 Å². The molecule has 0 bridgehead atoms. The molecule has 2 aromatic heterocycles. The highest BCUT2D eigenvalue weighted by Crippen LogP contribution is 2.32. The molecule has 0 atom stereocenters. The smallest absolute Gasteiger partial charge is 0.269 e. The van der Waals surface area contributed by atoms with Gasteiger partial charge in [-0.1, -0.05) is 12.5 Å². The van der Waals surface area contributed by atoms with Crippen LogP contribution in [0, 0.1) is 5.82 Å². The highest BCUT2D eigenvalue weighted by Gasteiger charge is 2.18. The van der Waals surface area contributed by atoms with Crippen LogP contribution in [0.1, 0.15) is 32.4 Å². The van der Waals surface area contributed by atoms with Crippen molar-refractivity contribution in [2.24, 2.45) is 4.99 Å². The summed E-state index contributed by atoms with van der Waals surface area (Å²) < 4.78 is 22.2. The summed E-state index contributed by atoms with van der Waals surface area (Å²) in [5.74, 6) is -0.166. The highest BCUT2D eigenvalue weighted by molar-refractivity contribution is 6.45. The molecule has 0 saturated heterocycles. The fourth-order valence-corrected chi connectivity index (χ4v) is 3.86. The van der Waals surface area contributed by atoms with Crippen LogP contribution in [0.3, 0.4) is 0 Å². The molecule has 1 aromatic carbocycles. The minimum absolute atomic E-state index is 0.234. The number of aromatic nitrogens is 2. The van der Waals surface area contributed by atoms with Crippen LogP contribution in [0.4, 0.5) is 4.39 Å². The van der Waals surface area contributed by atoms with Crippen LogP contribution >= 0.6 is 0 Å². The molecule has 3 rings (SSSR count). The summed E-state index contributed by atoms with van der Waals surface area (Å²) in [6, 6.07) is 8.42. The third-order valence-corrected chi connectivity index (χ3v) is 5.80. The van der Waals surface area contributed by atoms with Gasteiger partial charge in [0.2, 0.25) is 0 Å². The molecule has 0 radical (unpaired) electrons. The number of amides is 1. The second-order valence-electron chi connectivity index (χ2n) is 7.93. The van der Waals surface area contributed by atoms with Crippen molar-refractivity contribution in [1.29, 1.82) is 0 Å². The van der Waals surface area contributed by atoms with Crippen molar-refractivity contribution < 1.29 is 13.9 Å². The summed E-state index contributed by atoms with van der Waals surface area (Å²) in [4.78, 5) is 20.9. The van der Waals surface area contributed by atoms with Crippen LogP contribution in [-0.2, 0) is 11.3 Å². The van der Waals surface area contributed by atoms with E-state index in [9.17, 15) is 9.18 Å². The highest BCUT2D eigenvalue weighted by atomic mass is 19.1.